The lowest BCUT2D eigenvalue weighted by molar-refractivity contribution is -0.117. The first-order chi connectivity index (χ1) is 21.0. The van der Waals surface area contributed by atoms with Crippen molar-refractivity contribution in [2.75, 3.05) is 11.6 Å². The number of rotatable bonds is 7. The number of nitrogens with one attached hydrogen (secondary N) is 3. The van der Waals surface area contributed by atoms with Crippen molar-refractivity contribution in [3.63, 3.8) is 0 Å². The molecule has 5 N–H and O–H groups in total. The van der Waals surface area contributed by atoms with Crippen LogP contribution in [0.25, 0.3) is 55.8 Å². The van der Waals surface area contributed by atoms with Gasteiger partial charge in [-0.2, -0.15) is 5.10 Å². The maximum absolute atomic E-state index is 15.3. The summed E-state index contributed by atoms with van der Waals surface area (Å²) in [7, 11) is -3.69. The largest absolute Gasteiger partial charge is 0.336 e. The topological polar surface area (TPSA) is 172 Å². The van der Waals surface area contributed by atoms with E-state index in [1.54, 1.807) is 30.6 Å². The number of H-pyrrole nitrogens is 2. The van der Waals surface area contributed by atoms with E-state index in [4.69, 9.17) is 5.73 Å². The Hall–Kier alpha value is -5.08. The number of nitrogens with zero attached hydrogens (tertiary/aromatic N) is 4. The van der Waals surface area contributed by atoms with Crippen LogP contribution >= 0.6 is 0 Å². The van der Waals surface area contributed by atoms with Crippen LogP contribution in [0.3, 0.4) is 0 Å². The average Bonchev–Trinajstić information content (AvgIpc) is 3.61. The number of halogens is 2. The number of aromatic amines is 2. The number of sulfone groups is 1. The highest BCUT2D eigenvalue weighted by Crippen LogP contribution is 2.35. The molecule has 0 aliphatic heterocycles. The lowest BCUT2D eigenvalue weighted by Gasteiger charge is -2.12. The number of hydrogen-bond donors (Lipinski definition) is 4. The zero-order valence-electron chi connectivity index (χ0n) is 23.1. The molecule has 1 atom stereocenters. The summed E-state index contributed by atoms with van der Waals surface area (Å²) >= 11 is 0. The van der Waals surface area contributed by atoms with Crippen LogP contribution in [0.15, 0.2) is 61.1 Å². The van der Waals surface area contributed by atoms with E-state index in [0.29, 0.717) is 44.8 Å². The summed E-state index contributed by atoms with van der Waals surface area (Å²) in [5.74, 6) is -0.970. The summed E-state index contributed by atoms with van der Waals surface area (Å²) in [4.78, 5) is 28.7. The molecule has 1 saturated carbocycles. The molecule has 2 aromatic carbocycles. The van der Waals surface area contributed by atoms with Gasteiger partial charge in [-0.3, -0.25) is 19.9 Å². The van der Waals surface area contributed by atoms with Crippen molar-refractivity contribution in [1.82, 2.24) is 30.1 Å². The monoisotopic (exact) mass is 614 g/mol. The first-order valence-corrected chi connectivity index (χ1v) is 15.5. The van der Waals surface area contributed by atoms with Crippen molar-refractivity contribution in [2.24, 2.45) is 11.7 Å². The molecule has 44 heavy (non-hydrogen) atoms. The summed E-state index contributed by atoms with van der Waals surface area (Å²) in [6, 6.07) is 10.3. The molecule has 1 aliphatic carbocycles. The van der Waals surface area contributed by atoms with Gasteiger partial charge in [0.05, 0.1) is 23.1 Å². The number of imidazole rings is 1. The third kappa shape index (κ3) is 5.07. The molecule has 1 unspecified atom stereocenters. The Morgan fingerprint density at radius 1 is 1.05 bits per heavy atom. The Morgan fingerprint density at radius 3 is 2.64 bits per heavy atom. The Labute approximate surface area is 248 Å². The van der Waals surface area contributed by atoms with E-state index in [1.165, 1.54) is 24.4 Å². The van der Waals surface area contributed by atoms with Crippen molar-refractivity contribution < 1.29 is 22.0 Å². The van der Waals surface area contributed by atoms with Gasteiger partial charge in [-0.1, -0.05) is 0 Å². The predicted octanol–water partition coefficient (Wildman–Crippen LogP) is 4.86. The second kappa shape index (κ2) is 10.3. The molecule has 14 heteroatoms. The number of aromatic nitrogens is 6. The number of carbonyl (C=O) groups is 1. The van der Waals surface area contributed by atoms with Gasteiger partial charge in [-0.05, 0) is 66.4 Å². The van der Waals surface area contributed by atoms with Gasteiger partial charge >= 0.3 is 0 Å². The zero-order valence-corrected chi connectivity index (χ0v) is 23.9. The van der Waals surface area contributed by atoms with Crippen molar-refractivity contribution >= 4 is 43.4 Å². The number of hydrogen-bond acceptors (Lipinski definition) is 8. The first kappa shape index (κ1) is 27.7. The third-order valence-electron chi connectivity index (χ3n) is 7.52. The fourth-order valence-electron chi connectivity index (χ4n) is 5.10. The van der Waals surface area contributed by atoms with Gasteiger partial charge in [0.15, 0.2) is 15.7 Å². The van der Waals surface area contributed by atoms with Gasteiger partial charge in [0.2, 0.25) is 5.91 Å². The van der Waals surface area contributed by atoms with Crippen LogP contribution in [0.4, 0.5) is 14.5 Å². The number of benzene rings is 2. The second-order valence-corrected chi connectivity index (χ2v) is 13.0. The Balaban J connectivity index is 1.30. The molecule has 0 saturated heterocycles. The van der Waals surface area contributed by atoms with Crippen LogP contribution in [-0.4, -0.2) is 50.7 Å². The van der Waals surface area contributed by atoms with E-state index in [-0.39, 0.29) is 34.2 Å². The SMILES string of the molecule is CS(=O)(=O)C(N)c1cc(F)cc(-c2nccc3[nH]c(-c4n[nH]c5c(F)cc(-c6cncc(NC(=O)C7CC7)c6)cc45)nc23)c1. The number of anilines is 1. The second-order valence-electron chi connectivity index (χ2n) is 10.8. The predicted molar refractivity (Wildman–Crippen MR) is 161 cm³/mol. The minimum absolute atomic E-state index is 0.0218. The summed E-state index contributed by atoms with van der Waals surface area (Å²) in [6.07, 6.45) is 7.33. The van der Waals surface area contributed by atoms with Crippen LogP contribution in [0.5, 0.6) is 0 Å². The summed E-state index contributed by atoms with van der Waals surface area (Å²) in [5, 5.41) is 8.93. The average molecular weight is 615 g/mol. The Kier molecular flexibility index (Phi) is 6.48. The molecule has 6 aromatic rings. The number of nitrogens with two attached hydrogens (primary N) is 1. The molecule has 4 aromatic heterocycles. The van der Waals surface area contributed by atoms with E-state index < -0.39 is 26.8 Å². The highest BCUT2D eigenvalue weighted by Gasteiger charge is 2.29. The molecule has 0 bridgehead atoms. The molecule has 0 spiro atoms. The van der Waals surface area contributed by atoms with Crippen molar-refractivity contribution in [1.29, 1.82) is 0 Å². The molecule has 0 radical (unpaired) electrons. The summed E-state index contributed by atoms with van der Waals surface area (Å²) < 4.78 is 54.0. The van der Waals surface area contributed by atoms with Gasteiger partial charge in [0, 0.05) is 41.1 Å². The third-order valence-corrected chi connectivity index (χ3v) is 8.72. The fourth-order valence-corrected chi connectivity index (χ4v) is 5.73. The molecular formula is C30H24F2N8O3S. The zero-order chi connectivity index (χ0) is 30.7. The van der Waals surface area contributed by atoms with Crippen LogP contribution in [0.1, 0.15) is 23.8 Å². The highest BCUT2D eigenvalue weighted by molar-refractivity contribution is 7.90. The minimum atomic E-state index is -3.69. The van der Waals surface area contributed by atoms with E-state index in [2.05, 4.69) is 35.5 Å². The molecule has 7 rings (SSSR count). The smallest absolute Gasteiger partial charge is 0.227 e. The molecule has 222 valence electrons. The maximum Gasteiger partial charge on any atom is 0.227 e. The van der Waals surface area contributed by atoms with Gasteiger partial charge < -0.3 is 16.0 Å². The summed E-state index contributed by atoms with van der Waals surface area (Å²) in [5.41, 5.74) is 9.53. The Bertz CT molecular complexity index is 2230. The van der Waals surface area contributed by atoms with Gasteiger partial charge in [0.25, 0.3) is 0 Å². The summed E-state index contributed by atoms with van der Waals surface area (Å²) in [6.45, 7) is 0. The van der Waals surface area contributed by atoms with E-state index >= 15 is 4.39 Å². The minimum Gasteiger partial charge on any atom is -0.336 e. The van der Waals surface area contributed by atoms with E-state index in [9.17, 15) is 17.6 Å². The molecular weight excluding hydrogens is 590 g/mol. The highest BCUT2D eigenvalue weighted by atomic mass is 32.2. The fraction of sp³-hybridized carbons (Fsp3) is 0.167. The molecule has 1 fully saturated rings. The van der Waals surface area contributed by atoms with Gasteiger partial charge in [-0.15, -0.1) is 0 Å². The van der Waals surface area contributed by atoms with Crippen molar-refractivity contribution in [2.45, 2.75) is 18.2 Å². The van der Waals surface area contributed by atoms with E-state index in [0.717, 1.165) is 25.2 Å². The molecule has 1 aliphatic rings. The number of carbonyl (C=O) groups excluding carboxylic acids is 1. The lowest BCUT2D eigenvalue weighted by atomic mass is 10.0. The normalized spacial score (nSPS) is 14.3. The van der Waals surface area contributed by atoms with Crippen molar-refractivity contribution in [3.8, 4) is 33.9 Å². The Morgan fingerprint density at radius 2 is 1.86 bits per heavy atom. The van der Waals surface area contributed by atoms with Crippen LogP contribution in [0.2, 0.25) is 0 Å². The van der Waals surface area contributed by atoms with Crippen molar-refractivity contribution in [3.05, 3.63) is 78.3 Å². The first-order valence-electron chi connectivity index (χ1n) is 13.6. The van der Waals surface area contributed by atoms with Gasteiger partial charge in [0.1, 0.15) is 33.7 Å². The van der Waals surface area contributed by atoms with Crippen LogP contribution in [0, 0.1) is 17.6 Å². The standard InChI is InChI=1S/C30H24F2N8O3S/c1-44(42,43)28(33)17-6-16(7-19(31)8-17)24-27-23(4-5-35-24)37-29(38-27)26-21-10-15(11-22(32)25(21)39-40-26)18-9-20(13-34-12-18)36-30(41)14-2-3-14/h4-14,28H,2-3,33H2,1H3,(H,36,41)(H,37,38)(H,39,40). The van der Waals surface area contributed by atoms with Crippen LogP contribution in [-0.2, 0) is 14.6 Å². The van der Waals surface area contributed by atoms with Crippen LogP contribution < -0.4 is 11.1 Å². The molecule has 1 amide bonds. The number of fused-ring (bicyclic) bond motifs is 2. The number of pyridine rings is 2. The number of amides is 1. The van der Waals surface area contributed by atoms with Gasteiger partial charge in [-0.25, -0.2) is 22.2 Å². The lowest BCUT2D eigenvalue weighted by Crippen LogP contribution is -2.20. The quantitative estimate of drug-likeness (QED) is 0.197. The molecule has 11 nitrogen and oxygen atoms in total. The molecule has 4 heterocycles. The van der Waals surface area contributed by atoms with E-state index in [1.807, 2.05) is 0 Å². The maximum atomic E-state index is 15.3.